The average molecular weight is 246 g/mol. The van der Waals surface area contributed by atoms with Gasteiger partial charge >= 0.3 is 0 Å². The van der Waals surface area contributed by atoms with Crippen molar-refractivity contribution in [1.29, 1.82) is 0 Å². The summed E-state index contributed by atoms with van der Waals surface area (Å²) in [5, 5.41) is 3.67. The first-order valence-electron chi connectivity index (χ1n) is 7.13. The van der Waals surface area contributed by atoms with Crippen LogP contribution in [0.3, 0.4) is 0 Å². The number of nitrogens with one attached hydrogen (secondary N) is 1. The van der Waals surface area contributed by atoms with E-state index in [0.29, 0.717) is 24.0 Å². The molecule has 2 heteroatoms. The van der Waals surface area contributed by atoms with Crippen molar-refractivity contribution in [3.8, 4) is 0 Å². The zero-order valence-corrected chi connectivity index (χ0v) is 12.1. The predicted octanol–water partition coefficient (Wildman–Crippen LogP) is 3.07. The second-order valence-corrected chi connectivity index (χ2v) is 5.90. The summed E-state index contributed by atoms with van der Waals surface area (Å²) in [6.07, 6.45) is 0. The lowest BCUT2D eigenvalue weighted by atomic mass is 9.97. The Morgan fingerprint density at radius 2 is 1.83 bits per heavy atom. The summed E-state index contributed by atoms with van der Waals surface area (Å²) in [4.78, 5) is 2.65. The molecule has 0 aliphatic carbocycles. The molecule has 1 aliphatic heterocycles. The zero-order valence-electron chi connectivity index (χ0n) is 12.1. The molecule has 1 fully saturated rings. The number of hydrogen-bond donors (Lipinski definition) is 1. The number of benzene rings is 1. The van der Waals surface area contributed by atoms with Crippen LogP contribution in [0.1, 0.15) is 39.3 Å². The molecular formula is C16H26N2. The van der Waals surface area contributed by atoms with Crippen LogP contribution in [-0.4, -0.2) is 30.1 Å². The van der Waals surface area contributed by atoms with Gasteiger partial charge in [0.05, 0.1) is 0 Å². The van der Waals surface area contributed by atoms with Gasteiger partial charge < -0.3 is 5.32 Å². The van der Waals surface area contributed by atoms with Gasteiger partial charge in [0.1, 0.15) is 0 Å². The molecule has 0 amide bonds. The third kappa shape index (κ3) is 2.93. The molecular weight excluding hydrogens is 220 g/mol. The van der Waals surface area contributed by atoms with Crippen molar-refractivity contribution in [2.75, 3.05) is 13.1 Å². The van der Waals surface area contributed by atoms with Gasteiger partial charge in [-0.15, -0.1) is 0 Å². The first-order valence-corrected chi connectivity index (χ1v) is 7.13. The van der Waals surface area contributed by atoms with Crippen LogP contribution < -0.4 is 5.32 Å². The minimum absolute atomic E-state index is 0.476. The lowest BCUT2D eigenvalue weighted by Gasteiger charge is -2.43. The second kappa shape index (κ2) is 5.85. The van der Waals surface area contributed by atoms with Gasteiger partial charge in [0.15, 0.2) is 0 Å². The first kappa shape index (κ1) is 13.6. The largest absolute Gasteiger partial charge is 0.307 e. The van der Waals surface area contributed by atoms with Crippen LogP contribution in [0.4, 0.5) is 0 Å². The predicted molar refractivity (Wildman–Crippen MR) is 77.7 cm³/mol. The van der Waals surface area contributed by atoms with Crippen molar-refractivity contribution >= 4 is 0 Å². The SMILES string of the molecule is CC(C)C(C)N1CC(c2ccccc2)NCC1C. The van der Waals surface area contributed by atoms with E-state index in [2.05, 4.69) is 68.2 Å². The van der Waals surface area contributed by atoms with E-state index in [1.807, 2.05) is 0 Å². The van der Waals surface area contributed by atoms with E-state index in [1.165, 1.54) is 5.56 Å². The van der Waals surface area contributed by atoms with Gasteiger partial charge in [-0.3, -0.25) is 4.90 Å². The Morgan fingerprint density at radius 1 is 1.17 bits per heavy atom. The summed E-state index contributed by atoms with van der Waals surface area (Å²) in [6, 6.07) is 12.6. The Bertz CT molecular complexity index is 361. The van der Waals surface area contributed by atoms with Gasteiger partial charge in [-0.25, -0.2) is 0 Å². The first-order chi connectivity index (χ1) is 8.59. The number of piperazine rings is 1. The molecule has 0 saturated carbocycles. The lowest BCUT2D eigenvalue weighted by Crippen LogP contribution is -2.55. The Morgan fingerprint density at radius 3 is 2.44 bits per heavy atom. The molecule has 0 bridgehead atoms. The summed E-state index contributed by atoms with van der Waals surface area (Å²) >= 11 is 0. The van der Waals surface area contributed by atoms with Crippen LogP contribution in [0, 0.1) is 5.92 Å². The highest BCUT2D eigenvalue weighted by Crippen LogP contribution is 2.23. The highest BCUT2D eigenvalue weighted by molar-refractivity contribution is 5.20. The fourth-order valence-electron chi connectivity index (χ4n) is 2.74. The van der Waals surface area contributed by atoms with E-state index in [1.54, 1.807) is 0 Å². The minimum atomic E-state index is 0.476. The average Bonchev–Trinajstić information content (AvgIpc) is 2.39. The number of rotatable bonds is 3. The fraction of sp³-hybridized carbons (Fsp3) is 0.625. The van der Waals surface area contributed by atoms with E-state index in [-0.39, 0.29) is 0 Å². The van der Waals surface area contributed by atoms with Crippen LogP contribution in [-0.2, 0) is 0 Å². The lowest BCUT2D eigenvalue weighted by molar-refractivity contribution is 0.0760. The number of nitrogens with zero attached hydrogens (tertiary/aromatic N) is 1. The van der Waals surface area contributed by atoms with Crippen LogP contribution in [0.25, 0.3) is 0 Å². The molecule has 1 aromatic carbocycles. The molecule has 1 N–H and O–H groups in total. The molecule has 1 aromatic rings. The normalized spacial score (nSPS) is 27.4. The van der Waals surface area contributed by atoms with Gasteiger partial charge in [0, 0.05) is 31.2 Å². The third-order valence-electron chi connectivity index (χ3n) is 4.31. The quantitative estimate of drug-likeness (QED) is 0.882. The molecule has 1 saturated heterocycles. The Labute approximate surface area is 111 Å². The van der Waals surface area contributed by atoms with Crippen LogP contribution >= 0.6 is 0 Å². The van der Waals surface area contributed by atoms with Crippen molar-refractivity contribution < 1.29 is 0 Å². The van der Waals surface area contributed by atoms with E-state index in [4.69, 9.17) is 0 Å². The highest BCUT2D eigenvalue weighted by Gasteiger charge is 2.30. The summed E-state index contributed by atoms with van der Waals surface area (Å²) in [5.41, 5.74) is 1.41. The fourth-order valence-corrected chi connectivity index (χ4v) is 2.74. The molecule has 1 aliphatic rings. The Balaban J connectivity index is 2.09. The number of hydrogen-bond acceptors (Lipinski definition) is 2. The van der Waals surface area contributed by atoms with Crippen molar-refractivity contribution in [3.63, 3.8) is 0 Å². The van der Waals surface area contributed by atoms with Crippen LogP contribution in [0.5, 0.6) is 0 Å². The molecule has 18 heavy (non-hydrogen) atoms. The molecule has 1 heterocycles. The highest BCUT2D eigenvalue weighted by atomic mass is 15.2. The molecule has 0 radical (unpaired) electrons. The van der Waals surface area contributed by atoms with Gasteiger partial charge in [-0.05, 0) is 25.3 Å². The second-order valence-electron chi connectivity index (χ2n) is 5.90. The Kier molecular flexibility index (Phi) is 4.41. The zero-order chi connectivity index (χ0) is 13.1. The van der Waals surface area contributed by atoms with Crippen molar-refractivity contribution in [1.82, 2.24) is 10.2 Å². The van der Waals surface area contributed by atoms with Gasteiger partial charge in [-0.1, -0.05) is 44.2 Å². The summed E-state index contributed by atoms with van der Waals surface area (Å²) in [6.45, 7) is 11.5. The Hall–Kier alpha value is -0.860. The molecule has 0 spiro atoms. The van der Waals surface area contributed by atoms with Crippen molar-refractivity contribution in [3.05, 3.63) is 35.9 Å². The molecule has 100 valence electrons. The van der Waals surface area contributed by atoms with Gasteiger partial charge in [-0.2, -0.15) is 0 Å². The van der Waals surface area contributed by atoms with E-state index >= 15 is 0 Å². The van der Waals surface area contributed by atoms with Gasteiger partial charge in [0.25, 0.3) is 0 Å². The summed E-state index contributed by atoms with van der Waals surface area (Å²) in [5.74, 6) is 0.710. The maximum atomic E-state index is 3.67. The summed E-state index contributed by atoms with van der Waals surface area (Å²) in [7, 11) is 0. The smallest absolute Gasteiger partial charge is 0.0450 e. The van der Waals surface area contributed by atoms with Crippen molar-refractivity contribution in [2.24, 2.45) is 5.92 Å². The molecule has 3 atom stereocenters. The molecule has 0 aromatic heterocycles. The summed E-state index contributed by atoms with van der Waals surface area (Å²) < 4.78 is 0. The van der Waals surface area contributed by atoms with Crippen LogP contribution in [0.2, 0.25) is 0 Å². The minimum Gasteiger partial charge on any atom is -0.307 e. The van der Waals surface area contributed by atoms with E-state index in [9.17, 15) is 0 Å². The van der Waals surface area contributed by atoms with E-state index < -0.39 is 0 Å². The molecule has 3 unspecified atom stereocenters. The maximum Gasteiger partial charge on any atom is 0.0450 e. The standard InChI is InChI=1S/C16H26N2/c1-12(2)14(4)18-11-16(17-10-13(18)3)15-8-6-5-7-9-15/h5-9,12-14,16-17H,10-11H2,1-4H3. The van der Waals surface area contributed by atoms with Crippen molar-refractivity contribution in [2.45, 2.75) is 45.8 Å². The van der Waals surface area contributed by atoms with E-state index in [0.717, 1.165) is 13.1 Å². The van der Waals surface area contributed by atoms with Crippen LogP contribution in [0.15, 0.2) is 30.3 Å². The maximum absolute atomic E-state index is 3.67. The molecule has 2 nitrogen and oxygen atoms in total. The molecule has 2 rings (SSSR count). The third-order valence-corrected chi connectivity index (χ3v) is 4.31. The topological polar surface area (TPSA) is 15.3 Å². The van der Waals surface area contributed by atoms with Gasteiger partial charge in [0.2, 0.25) is 0 Å². The monoisotopic (exact) mass is 246 g/mol.